The Balaban J connectivity index is 2.57. The molecular weight excluding hydrogens is 341 g/mol. The summed E-state index contributed by atoms with van der Waals surface area (Å²) in [5.74, 6) is -0.313. The van der Waals surface area contributed by atoms with Crippen molar-refractivity contribution < 1.29 is 9.53 Å². The fourth-order valence-electron chi connectivity index (χ4n) is 1.93. The lowest BCUT2D eigenvalue weighted by molar-refractivity contribution is 0.0593. The van der Waals surface area contributed by atoms with Crippen molar-refractivity contribution in [1.29, 1.82) is 0 Å². The molecule has 94 valence electrons. The zero-order chi connectivity index (χ0) is 13.1. The van der Waals surface area contributed by atoms with Crippen LogP contribution in [0, 0.1) is 3.57 Å². The first kappa shape index (κ1) is 13.1. The predicted octanol–water partition coefficient (Wildman–Crippen LogP) is 3.64. The van der Waals surface area contributed by atoms with E-state index in [9.17, 15) is 4.79 Å². The monoisotopic (exact) mass is 355 g/mol. The van der Waals surface area contributed by atoms with E-state index in [1.165, 1.54) is 7.11 Å². The molecule has 0 saturated heterocycles. The molecule has 1 aromatic heterocycles. The quantitative estimate of drug-likeness (QED) is 0.675. The highest BCUT2D eigenvalue weighted by Crippen LogP contribution is 2.30. The predicted molar refractivity (Wildman–Crippen MR) is 79.7 cm³/mol. The number of hydrogen-bond acceptors (Lipinski definition) is 2. The normalized spacial score (nSPS) is 10.4. The van der Waals surface area contributed by atoms with Crippen molar-refractivity contribution in [2.24, 2.45) is 0 Å². The highest BCUT2D eigenvalue weighted by molar-refractivity contribution is 14.1. The minimum atomic E-state index is -0.313. The van der Waals surface area contributed by atoms with Crippen LogP contribution in [-0.2, 0) is 11.2 Å². The lowest BCUT2D eigenvalue weighted by atomic mass is 10.1. The van der Waals surface area contributed by atoms with Gasteiger partial charge in [-0.2, -0.15) is 0 Å². The molecule has 1 N–H and O–H groups in total. The summed E-state index contributed by atoms with van der Waals surface area (Å²) < 4.78 is 5.89. The van der Waals surface area contributed by atoms with Crippen LogP contribution < -0.4 is 0 Å². The second-order valence-electron chi connectivity index (χ2n) is 3.88. The van der Waals surface area contributed by atoms with Gasteiger partial charge in [-0.1, -0.05) is 37.3 Å². The van der Waals surface area contributed by atoms with Gasteiger partial charge in [-0.05, 0) is 40.1 Å². The van der Waals surface area contributed by atoms with Crippen molar-refractivity contribution in [3.05, 3.63) is 45.2 Å². The molecule has 0 atom stereocenters. The number of halogens is 1. The first-order valence-electron chi connectivity index (χ1n) is 5.73. The maximum absolute atomic E-state index is 11.7. The molecule has 4 heteroatoms. The number of methoxy groups -OCH3 is 1. The lowest BCUT2D eigenvalue weighted by Crippen LogP contribution is -2.04. The third kappa shape index (κ3) is 2.29. The number of nitrogens with one attached hydrogen (secondary N) is 1. The van der Waals surface area contributed by atoms with Gasteiger partial charge in [0.15, 0.2) is 0 Å². The molecule has 1 aromatic carbocycles. The second kappa shape index (κ2) is 5.56. The van der Waals surface area contributed by atoms with E-state index in [1.54, 1.807) is 0 Å². The van der Waals surface area contributed by atoms with E-state index in [1.807, 2.05) is 37.3 Å². The summed E-state index contributed by atoms with van der Waals surface area (Å²) in [7, 11) is 1.40. The first-order chi connectivity index (χ1) is 8.69. The molecule has 0 spiro atoms. The molecule has 0 aliphatic heterocycles. The van der Waals surface area contributed by atoms with Crippen LogP contribution >= 0.6 is 22.6 Å². The van der Waals surface area contributed by atoms with Crippen molar-refractivity contribution in [2.45, 2.75) is 13.3 Å². The molecular formula is C14H14INO2. The molecule has 0 amide bonds. The van der Waals surface area contributed by atoms with Crippen LogP contribution in [0.4, 0.5) is 0 Å². The van der Waals surface area contributed by atoms with Crippen molar-refractivity contribution in [3.8, 4) is 11.3 Å². The molecule has 2 aromatic rings. The van der Waals surface area contributed by atoms with Gasteiger partial charge >= 0.3 is 5.97 Å². The summed E-state index contributed by atoms with van der Waals surface area (Å²) in [6.45, 7) is 2.03. The maximum atomic E-state index is 11.7. The van der Waals surface area contributed by atoms with Crippen molar-refractivity contribution >= 4 is 28.6 Å². The fraction of sp³-hybridized carbons (Fsp3) is 0.214. The number of carbonyl (C=O) groups excluding carboxylic acids is 1. The molecule has 0 unspecified atom stereocenters. The summed E-state index contributed by atoms with van der Waals surface area (Å²) >= 11 is 2.28. The largest absolute Gasteiger partial charge is 0.464 e. The minimum absolute atomic E-state index is 0.313. The molecule has 18 heavy (non-hydrogen) atoms. The van der Waals surface area contributed by atoms with E-state index in [0.717, 1.165) is 26.8 Å². The van der Waals surface area contributed by atoms with E-state index < -0.39 is 0 Å². The van der Waals surface area contributed by atoms with Crippen LogP contribution in [0.1, 0.15) is 23.0 Å². The van der Waals surface area contributed by atoms with E-state index in [4.69, 9.17) is 4.74 Å². The molecule has 1 heterocycles. The Morgan fingerprint density at radius 2 is 2.00 bits per heavy atom. The lowest BCUT2D eigenvalue weighted by Gasteiger charge is -1.99. The molecule has 0 fully saturated rings. The van der Waals surface area contributed by atoms with Gasteiger partial charge in [0.25, 0.3) is 0 Å². The van der Waals surface area contributed by atoms with Gasteiger partial charge in [-0.15, -0.1) is 0 Å². The molecule has 2 rings (SSSR count). The smallest absolute Gasteiger partial charge is 0.354 e. The summed E-state index contributed by atoms with van der Waals surface area (Å²) in [6, 6.07) is 9.98. The van der Waals surface area contributed by atoms with Crippen LogP contribution in [0.2, 0.25) is 0 Å². The summed E-state index contributed by atoms with van der Waals surface area (Å²) in [5, 5.41) is 0. The van der Waals surface area contributed by atoms with Crippen molar-refractivity contribution in [3.63, 3.8) is 0 Å². The highest BCUT2D eigenvalue weighted by Gasteiger charge is 2.20. The van der Waals surface area contributed by atoms with Gasteiger partial charge in [0.05, 0.1) is 12.8 Å². The Hall–Kier alpha value is -1.30. The number of esters is 1. The van der Waals surface area contributed by atoms with Crippen LogP contribution in [0.3, 0.4) is 0 Å². The van der Waals surface area contributed by atoms with E-state index in [0.29, 0.717) is 5.69 Å². The van der Waals surface area contributed by atoms with Gasteiger partial charge in [-0.25, -0.2) is 4.79 Å². The van der Waals surface area contributed by atoms with Gasteiger partial charge < -0.3 is 9.72 Å². The third-order valence-electron chi connectivity index (χ3n) is 2.84. The Labute approximate surface area is 120 Å². The topological polar surface area (TPSA) is 42.1 Å². The van der Waals surface area contributed by atoms with Crippen molar-refractivity contribution in [2.75, 3.05) is 7.11 Å². The minimum Gasteiger partial charge on any atom is -0.464 e. The number of aromatic nitrogens is 1. The highest BCUT2D eigenvalue weighted by atomic mass is 127. The fourth-order valence-corrected chi connectivity index (χ4v) is 3.03. The van der Waals surface area contributed by atoms with Crippen molar-refractivity contribution in [1.82, 2.24) is 4.98 Å². The summed E-state index contributed by atoms with van der Waals surface area (Å²) in [5.41, 5.74) is 3.63. The zero-order valence-corrected chi connectivity index (χ0v) is 12.4. The SMILES string of the molecule is CCc1c(C(=O)OC)[nH]c(-c2ccccc2)c1I. The van der Waals surface area contributed by atoms with Crippen LogP contribution in [0.15, 0.2) is 30.3 Å². The number of ether oxygens (including phenoxy) is 1. The molecule has 0 aliphatic carbocycles. The first-order valence-corrected chi connectivity index (χ1v) is 6.81. The third-order valence-corrected chi connectivity index (χ3v) is 4.03. The summed E-state index contributed by atoms with van der Waals surface area (Å²) in [4.78, 5) is 14.9. The van der Waals surface area contributed by atoms with Crippen LogP contribution in [-0.4, -0.2) is 18.1 Å². The molecule has 0 bridgehead atoms. The van der Waals surface area contributed by atoms with E-state index in [-0.39, 0.29) is 5.97 Å². The van der Waals surface area contributed by atoms with Gasteiger partial charge in [0.1, 0.15) is 5.69 Å². The number of rotatable bonds is 3. The summed E-state index contributed by atoms with van der Waals surface area (Å²) in [6.07, 6.45) is 0.798. The molecule has 0 aliphatic rings. The molecule has 0 radical (unpaired) electrons. The number of benzene rings is 1. The van der Waals surface area contributed by atoms with Crippen LogP contribution in [0.25, 0.3) is 11.3 Å². The Morgan fingerprint density at radius 1 is 1.33 bits per heavy atom. The number of H-pyrrole nitrogens is 1. The standard InChI is InChI=1S/C14H14INO2/c1-3-10-11(15)12(9-7-5-4-6-8-9)16-13(10)14(17)18-2/h4-8,16H,3H2,1-2H3. The second-order valence-corrected chi connectivity index (χ2v) is 4.96. The Morgan fingerprint density at radius 3 is 2.56 bits per heavy atom. The maximum Gasteiger partial charge on any atom is 0.354 e. The average molecular weight is 355 g/mol. The van der Waals surface area contributed by atoms with Gasteiger partial charge in [-0.3, -0.25) is 0 Å². The zero-order valence-electron chi connectivity index (χ0n) is 10.3. The van der Waals surface area contributed by atoms with E-state index >= 15 is 0 Å². The van der Waals surface area contributed by atoms with Gasteiger partial charge in [0.2, 0.25) is 0 Å². The number of carbonyl (C=O) groups is 1. The van der Waals surface area contributed by atoms with E-state index in [2.05, 4.69) is 27.6 Å². The number of aromatic amines is 1. The molecule has 3 nitrogen and oxygen atoms in total. The molecule has 0 saturated carbocycles. The number of hydrogen-bond donors (Lipinski definition) is 1. The average Bonchev–Trinajstić information content (AvgIpc) is 2.75. The Kier molecular flexibility index (Phi) is 4.06. The Bertz CT molecular complexity index is 561. The van der Waals surface area contributed by atoms with Gasteiger partial charge in [0, 0.05) is 3.57 Å². The van der Waals surface area contributed by atoms with Crippen LogP contribution in [0.5, 0.6) is 0 Å².